The number of nitrogens with one attached hydrogen (secondary N) is 2. The van der Waals surface area contributed by atoms with Crippen LogP contribution in [0, 0.1) is 0 Å². The molecule has 0 fully saturated rings. The van der Waals surface area contributed by atoms with Crippen molar-refractivity contribution in [3.05, 3.63) is 89.0 Å². The number of amides is 2. The van der Waals surface area contributed by atoms with Crippen molar-refractivity contribution < 1.29 is 28.6 Å². The number of aryl methyl sites for hydroxylation is 2. The van der Waals surface area contributed by atoms with Crippen LogP contribution in [0.1, 0.15) is 53.4 Å². The van der Waals surface area contributed by atoms with E-state index >= 15 is 0 Å². The summed E-state index contributed by atoms with van der Waals surface area (Å²) in [5, 5.41) is 16.4. The van der Waals surface area contributed by atoms with Crippen LogP contribution in [-0.4, -0.2) is 35.8 Å². The number of phenols is 1. The number of hydrogen-bond acceptors (Lipinski definition) is 4. The highest BCUT2D eigenvalue weighted by Crippen LogP contribution is 2.28. The van der Waals surface area contributed by atoms with E-state index in [1.54, 1.807) is 45.1 Å². The van der Waals surface area contributed by atoms with Crippen LogP contribution in [0.5, 0.6) is 5.75 Å². The van der Waals surface area contributed by atoms with E-state index in [1.807, 2.05) is 84.4 Å². The Bertz CT molecular complexity index is 1250. The quantitative estimate of drug-likeness (QED) is 0.315. The topological polar surface area (TPSA) is 95.4 Å². The zero-order valence-electron chi connectivity index (χ0n) is 22.6. The second-order valence-corrected chi connectivity index (χ2v) is 9.95. The van der Waals surface area contributed by atoms with Crippen molar-refractivity contribution in [3.8, 4) is 5.75 Å². The number of carbonyl (C=O) groups is 2. The third-order valence-electron chi connectivity index (χ3n) is 5.43. The van der Waals surface area contributed by atoms with Gasteiger partial charge >= 0.3 is 6.09 Å². The minimum atomic E-state index is -0.595. The van der Waals surface area contributed by atoms with Gasteiger partial charge in [0.15, 0.2) is 24.8 Å². The molecule has 2 heterocycles. The molecule has 0 saturated carbocycles. The summed E-state index contributed by atoms with van der Waals surface area (Å²) in [7, 11) is 3.88. The second-order valence-electron chi connectivity index (χ2n) is 9.95. The highest BCUT2D eigenvalue weighted by Gasteiger charge is 2.16. The molecule has 0 saturated heterocycles. The molecule has 0 aliphatic carbocycles. The fraction of sp³-hybridized carbons (Fsp3) is 0.267. The van der Waals surface area contributed by atoms with E-state index in [2.05, 4.69) is 10.6 Å². The minimum absolute atomic E-state index is 0.0728. The molecule has 0 bridgehead atoms. The standard InChI is InChI=1S/C30H34N4O4/c1-30(2,3)38-29(37)32-15-14-31-28(36)26-20-24(8-6-22-10-16-33(4)17-11-22)27(35)25(21-26)9-7-23-12-18-34(5)19-13-23/h6-13,16-21H,14-15H2,1-5H3,(H-,31,32,36,37)/p+2. The number of ether oxygens (including phenoxy) is 1. The lowest BCUT2D eigenvalue weighted by atomic mass is 10.0. The number of carbonyl (C=O) groups excluding carboxylic acids is 2. The molecule has 0 aliphatic rings. The molecule has 8 heteroatoms. The van der Waals surface area contributed by atoms with E-state index in [4.69, 9.17) is 4.74 Å². The number of rotatable bonds is 8. The molecule has 2 aromatic heterocycles. The first-order chi connectivity index (χ1) is 18.0. The van der Waals surface area contributed by atoms with Crippen molar-refractivity contribution in [3.63, 3.8) is 0 Å². The Morgan fingerprint density at radius 1 is 0.816 bits per heavy atom. The van der Waals surface area contributed by atoms with Crippen LogP contribution in [0.3, 0.4) is 0 Å². The maximum atomic E-state index is 13.0. The first kappa shape index (κ1) is 28.1. The monoisotopic (exact) mass is 516 g/mol. The smallest absolute Gasteiger partial charge is 0.407 e. The average Bonchev–Trinajstić information content (AvgIpc) is 2.86. The van der Waals surface area contributed by atoms with Gasteiger partial charge in [-0.05, 0) is 44.0 Å². The maximum absolute atomic E-state index is 13.0. The number of hydrogen-bond donors (Lipinski definition) is 3. The van der Waals surface area contributed by atoms with Gasteiger partial charge in [0.25, 0.3) is 5.91 Å². The van der Waals surface area contributed by atoms with Crippen molar-refractivity contribution in [1.82, 2.24) is 10.6 Å². The van der Waals surface area contributed by atoms with Gasteiger partial charge in [0.05, 0.1) is 0 Å². The van der Waals surface area contributed by atoms with Gasteiger partial charge in [-0.3, -0.25) is 4.79 Å². The summed E-state index contributed by atoms with van der Waals surface area (Å²) < 4.78 is 9.07. The van der Waals surface area contributed by atoms with Crippen LogP contribution >= 0.6 is 0 Å². The van der Waals surface area contributed by atoms with E-state index in [9.17, 15) is 14.7 Å². The summed E-state index contributed by atoms with van der Waals surface area (Å²) >= 11 is 0. The molecular weight excluding hydrogens is 480 g/mol. The molecule has 198 valence electrons. The summed E-state index contributed by atoms with van der Waals surface area (Å²) in [6, 6.07) is 11.1. The summed E-state index contributed by atoms with van der Waals surface area (Å²) in [5.74, 6) is -0.248. The summed E-state index contributed by atoms with van der Waals surface area (Å²) in [6.45, 7) is 5.79. The van der Waals surface area contributed by atoms with Gasteiger partial charge in [-0.15, -0.1) is 0 Å². The molecule has 0 aliphatic heterocycles. The first-order valence-corrected chi connectivity index (χ1v) is 12.4. The maximum Gasteiger partial charge on any atom is 0.407 e. The highest BCUT2D eigenvalue weighted by atomic mass is 16.6. The predicted molar refractivity (Wildman–Crippen MR) is 148 cm³/mol. The Morgan fingerprint density at radius 2 is 1.26 bits per heavy atom. The molecule has 0 unspecified atom stereocenters. The number of alkyl carbamates (subject to hydrolysis) is 1. The molecule has 1 aromatic carbocycles. The SMILES string of the molecule is C[n+]1ccc(/C=C/c2cc(C(=O)NCCNC(=O)OC(C)(C)C)cc(/C=C/c3cc[n+](C)cc3)c2O)cc1. The third kappa shape index (κ3) is 8.89. The van der Waals surface area contributed by atoms with Gasteiger partial charge < -0.3 is 20.5 Å². The van der Waals surface area contributed by atoms with Crippen molar-refractivity contribution in [1.29, 1.82) is 0 Å². The second kappa shape index (κ2) is 12.7. The zero-order valence-corrected chi connectivity index (χ0v) is 22.6. The van der Waals surface area contributed by atoms with Crippen molar-refractivity contribution >= 4 is 36.3 Å². The van der Waals surface area contributed by atoms with Gasteiger partial charge in [-0.1, -0.05) is 24.3 Å². The Balaban J connectivity index is 1.80. The summed E-state index contributed by atoms with van der Waals surface area (Å²) in [6.07, 6.45) is 14.5. The van der Waals surface area contributed by atoms with Crippen LogP contribution < -0.4 is 19.8 Å². The van der Waals surface area contributed by atoms with Crippen LogP contribution in [0.2, 0.25) is 0 Å². The first-order valence-electron chi connectivity index (χ1n) is 12.4. The van der Waals surface area contributed by atoms with Crippen LogP contribution in [0.25, 0.3) is 24.3 Å². The molecule has 3 N–H and O–H groups in total. The lowest BCUT2D eigenvalue weighted by molar-refractivity contribution is -0.671. The fourth-order valence-corrected chi connectivity index (χ4v) is 3.44. The van der Waals surface area contributed by atoms with Crippen LogP contribution in [-0.2, 0) is 18.8 Å². The molecule has 2 amide bonds. The molecule has 3 rings (SSSR count). The number of aromatic nitrogens is 2. The van der Waals surface area contributed by atoms with Gasteiger partial charge in [0, 0.05) is 54.0 Å². The molecule has 0 spiro atoms. The largest absolute Gasteiger partial charge is 0.507 e. The summed E-state index contributed by atoms with van der Waals surface area (Å²) in [4.78, 5) is 24.8. The van der Waals surface area contributed by atoms with E-state index < -0.39 is 11.7 Å². The van der Waals surface area contributed by atoms with E-state index in [1.165, 1.54) is 0 Å². The van der Waals surface area contributed by atoms with E-state index in [0.29, 0.717) is 16.7 Å². The molecule has 0 radical (unpaired) electrons. The van der Waals surface area contributed by atoms with E-state index in [0.717, 1.165) is 11.1 Å². The average molecular weight is 517 g/mol. The fourth-order valence-electron chi connectivity index (χ4n) is 3.44. The lowest BCUT2D eigenvalue weighted by Crippen LogP contribution is -2.37. The van der Waals surface area contributed by atoms with Crippen molar-refractivity contribution in [2.24, 2.45) is 14.1 Å². The summed E-state index contributed by atoms with van der Waals surface area (Å²) in [5.41, 5.74) is 2.73. The van der Waals surface area contributed by atoms with Crippen LogP contribution in [0.15, 0.2) is 61.2 Å². The normalized spacial score (nSPS) is 11.6. The molecule has 8 nitrogen and oxygen atoms in total. The van der Waals surface area contributed by atoms with Gasteiger partial charge in [-0.2, -0.15) is 0 Å². The van der Waals surface area contributed by atoms with Gasteiger partial charge in [0.2, 0.25) is 0 Å². The number of nitrogens with zero attached hydrogens (tertiary/aromatic N) is 2. The predicted octanol–water partition coefficient (Wildman–Crippen LogP) is 3.64. The number of benzene rings is 1. The van der Waals surface area contributed by atoms with Crippen molar-refractivity contribution in [2.75, 3.05) is 13.1 Å². The van der Waals surface area contributed by atoms with Gasteiger partial charge in [0.1, 0.15) is 25.4 Å². The highest BCUT2D eigenvalue weighted by molar-refractivity contribution is 5.97. The Morgan fingerprint density at radius 3 is 1.71 bits per heavy atom. The Labute approximate surface area is 223 Å². The number of pyridine rings is 2. The molecule has 38 heavy (non-hydrogen) atoms. The zero-order chi connectivity index (χ0) is 27.7. The molecule has 3 aromatic rings. The third-order valence-corrected chi connectivity index (χ3v) is 5.43. The van der Waals surface area contributed by atoms with Crippen LogP contribution in [0.4, 0.5) is 4.79 Å². The van der Waals surface area contributed by atoms with Gasteiger partial charge in [-0.25, -0.2) is 13.9 Å². The Kier molecular flexibility index (Phi) is 9.38. The van der Waals surface area contributed by atoms with Crippen molar-refractivity contribution in [2.45, 2.75) is 26.4 Å². The minimum Gasteiger partial charge on any atom is -0.507 e. The lowest BCUT2D eigenvalue weighted by Gasteiger charge is -2.19. The number of phenolic OH excluding ortho intramolecular Hbond substituents is 1. The molecule has 0 atom stereocenters. The van der Waals surface area contributed by atoms with E-state index in [-0.39, 0.29) is 24.7 Å². The molecular formula is C30H36N4O4+2. The number of aromatic hydroxyl groups is 1. The Hall–Kier alpha value is -4.46.